The van der Waals surface area contributed by atoms with Gasteiger partial charge >= 0.3 is 18.3 Å². The molecule has 2 aromatic rings. The van der Waals surface area contributed by atoms with Crippen molar-refractivity contribution in [3.63, 3.8) is 0 Å². The Balaban J connectivity index is 1.94. The van der Waals surface area contributed by atoms with E-state index in [4.69, 9.17) is 4.84 Å². The van der Waals surface area contributed by atoms with Crippen molar-refractivity contribution in [1.29, 1.82) is 0 Å². The number of benzene rings is 1. The molecule has 1 aromatic heterocycles. The van der Waals surface area contributed by atoms with Crippen LogP contribution in [-0.2, 0) is 28.5 Å². The molecular weight excluding hydrogens is 468 g/mol. The lowest BCUT2D eigenvalue weighted by atomic mass is 9.89. The van der Waals surface area contributed by atoms with Gasteiger partial charge in [-0.1, -0.05) is 11.2 Å². The fourth-order valence-electron chi connectivity index (χ4n) is 3.22. The molecule has 33 heavy (non-hydrogen) atoms. The number of aromatic nitrogens is 2. The average Bonchev–Trinajstić information content (AvgIpc) is 3.26. The highest BCUT2D eigenvalue weighted by atomic mass is 19.4. The van der Waals surface area contributed by atoms with Crippen molar-refractivity contribution in [2.75, 3.05) is 5.32 Å². The summed E-state index contributed by atoms with van der Waals surface area (Å²) in [5.41, 5.74) is -5.57. The normalized spacial score (nSPS) is 19.3. The molecule has 6 nitrogen and oxygen atoms in total. The Kier molecular flexibility index (Phi) is 5.70. The van der Waals surface area contributed by atoms with E-state index in [9.17, 15) is 39.9 Å². The van der Waals surface area contributed by atoms with Gasteiger partial charge in [0.25, 0.3) is 11.5 Å². The summed E-state index contributed by atoms with van der Waals surface area (Å²) in [4.78, 5) is 16.2. The number of hydrogen-bond acceptors (Lipinski definition) is 4. The maximum absolute atomic E-state index is 14.0. The molecule has 0 saturated carbocycles. The van der Waals surface area contributed by atoms with E-state index in [-0.39, 0.29) is 28.6 Å². The largest absolute Gasteiger partial charge is 0.437 e. The second kappa shape index (κ2) is 7.70. The van der Waals surface area contributed by atoms with Crippen LogP contribution in [0.5, 0.6) is 0 Å². The Bertz CT molecular complexity index is 1110. The topological polar surface area (TPSA) is 68.5 Å². The number of carbonyl (C=O) groups excluding carboxylic acids is 1. The SMILES string of the molecule is Cc1cc(C2=NOC(c3cc(C(F)(F)F)nn3C)(C(F)(F)F)C2)ccc1NC(=O)C(C)(F)F. The van der Waals surface area contributed by atoms with Gasteiger partial charge in [0, 0.05) is 19.7 Å². The number of nitrogens with zero attached hydrogens (tertiary/aromatic N) is 3. The Labute approximate surface area is 181 Å². The molecule has 1 N–H and O–H groups in total. The summed E-state index contributed by atoms with van der Waals surface area (Å²) < 4.78 is 108. The van der Waals surface area contributed by atoms with E-state index < -0.39 is 47.6 Å². The number of nitrogens with one attached hydrogen (secondary N) is 1. The third kappa shape index (κ3) is 4.50. The van der Waals surface area contributed by atoms with Crippen molar-refractivity contribution in [3.8, 4) is 0 Å². The van der Waals surface area contributed by atoms with Crippen LogP contribution < -0.4 is 5.32 Å². The number of hydrogen-bond donors (Lipinski definition) is 1. The summed E-state index contributed by atoms with van der Waals surface area (Å²) in [6, 6.07) is 3.94. The lowest BCUT2D eigenvalue weighted by molar-refractivity contribution is -0.278. The molecule has 1 aromatic carbocycles. The van der Waals surface area contributed by atoms with Gasteiger partial charge in [0.1, 0.15) is 0 Å². The zero-order chi connectivity index (χ0) is 25.0. The zero-order valence-corrected chi connectivity index (χ0v) is 17.2. The highest BCUT2D eigenvalue weighted by Gasteiger charge is 2.64. The number of anilines is 1. The predicted octanol–water partition coefficient (Wildman–Crippen LogP) is 4.92. The molecule has 1 atom stereocenters. The summed E-state index contributed by atoms with van der Waals surface area (Å²) in [6.45, 7) is 1.81. The van der Waals surface area contributed by atoms with Gasteiger partial charge in [0.15, 0.2) is 5.69 Å². The molecule has 1 unspecified atom stereocenters. The molecule has 0 aliphatic carbocycles. The van der Waals surface area contributed by atoms with Crippen LogP contribution >= 0.6 is 0 Å². The zero-order valence-electron chi connectivity index (χ0n) is 17.2. The van der Waals surface area contributed by atoms with Gasteiger partial charge in [0.05, 0.1) is 17.8 Å². The van der Waals surface area contributed by atoms with Gasteiger partial charge in [-0.15, -0.1) is 0 Å². The van der Waals surface area contributed by atoms with Gasteiger partial charge in [-0.2, -0.15) is 40.2 Å². The molecule has 2 heterocycles. The Morgan fingerprint density at radius 3 is 2.24 bits per heavy atom. The molecule has 1 aliphatic heterocycles. The molecule has 0 radical (unpaired) electrons. The van der Waals surface area contributed by atoms with Crippen LogP contribution in [0.4, 0.5) is 40.8 Å². The van der Waals surface area contributed by atoms with E-state index in [1.807, 2.05) is 5.32 Å². The molecule has 0 bridgehead atoms. The van der Waals surface area contributed by atoms with Crippen molar-refractivity contribution in [2.45, 2.75) is 44.1 Å². The van der Waals surface area contributed by atoms with Gasteiger partial charge in [0.2, 0.25) is 0 Å². The number of alkyl halides is 8. The summed E-state index contributed by atoms with van der Waals surface area (Å²) in [5, 5.41) is 8.57. The molecule has 0 fully saturated rings. The monoisotopic (exact) mass is 484 g/mol. The molecule has 1 aliphatic rings. The fourth-order valence-corrected chi connectivity index (χ4v) is 3.22. The van der Waals surface area contributed by atoms with Crippen LogP contribution in [0, 0.1) is 6.92 Å². The van der Waals surface area contributed by atoms with E-state index in [2.05, 4.69) is 10.3 Å². The van der Waals surface area contributed by atoms with Crippen molar-refractivity contribution in [3.05, 3.63) is 46.8 Å². The van der Waals surface area contributed by atoms with Gasteiger partial charge < -0.3 is 10.2 Å². The minimum atomic E-state index is -5.16. The van der Waals surface area contributed by atoms with Gasteiger partial charge in [-0.3, -0.25) is 9.48 Å². The van der Waals surface area contributed by atoms with Crippen molar-refractivity contribution >= 4 is 17.3 Å². The Hall–Kier alpha value is -3.19. The summed E-state index contributed by atoms with van der Waals surface area (Å²) in [6.07, 6.45) is -11.1. The molecular formula is C19H16F8N4O2. The number of halogens is 8. The molecule has 180 valence electrons. The van der Waals surface area contributed by atoms with Gasteiger partial charge in [-0.25, -0.2) is 0 Å². The van der Waals surface area contributed by atoms with Crippen LogP contribution in [0.1, 0.15) is 35.9 Å². The maximum atomic E-state index is 14.0. The number of rotatable bonds is 4. The number of aryl methyl sites for hydroxylation is 2. The Morgan fingerprint density at radius 1 is 1.12 bits per heavy atom. The van der Waals surface area contributed by atoms with Crippen LogP contribution in [0.3, 0.4) is 0 Å². The number of carbonyl (C=O) groups is 1. The second-order valence-corrected chi connectivity index (χ2v) is 7.54. The summed E-state index contributed by atoms with van der Waals surface area (Å²) in [7, 11) is 0.921. The molecule has 1 amide bonds. The first kappa shape index (κ1) is 24.5. The highest BCUT2D eigenvalue weighted by Crippen LogP contribution is 2.49. The molecule has 0 spiro atoms. The van der Waals surface area contributed by atoms with E-state index >= 15 is 0 Å². The van der Waals surface area contributed by atoms with E-state index in [0.717, 1.165) is 7.05 Å². The standard InChI is InChI=1S/C19H16F8N4O2/c1-9-6-10(4-5-11(9)28-15(32)16(2,20)21)12-8-17(33-30-12,19(25,26)27)14-7-13(18(22,23)24)29-31(14)3/h4-7H,8H2,1-3H3,(H,28,32). The highest BCUT2D eigenvalue weighted by molar-refractivity contribution is 6.03. The quantitative estimate of drug-likeness (QED) is 0.627. The first-order chi connectivity index (χ1) is 15.0. The van der Waals surface area contributed by atoms with Gasteiger partial charge in [-0.05, 0) is 36.2 Å². The van der Waals surface area contributed by atoms with Crippen LogP contribution in [0.25, 0.3) is 0 Å². The Morgan fingerprint density at radius 2 is 1.76 bits per heavy atom. The van der Waals surface area contributed by atoms with Crippen LogP contribution in [0.15, 0.2) is 29.4 Å². The van der Waals surface area contributed by atoms with Crippen molar-refractivity contribution in [2.24, 2.45) is 12.2 Å². The minimum Gasteiger partial charge on any atom is -0.372 e. The van der Waals surface area contributed by atoms with E-state index in [0.29, 0.717) is 11.6 Å². The summed E-state index contributed by atoms with van der Waals surface area (Å²) >= 11 is 0. The first-order valence-electron chi connectivity index (χ1n) is 9.19. The lowest BCUT2D eigenvalue weighted by Gasteiger charge is -2.28. The molecule has 0 saturated heterocycles. The second-order valence-electron chi connectivity index (χ2n) is 7.54. The summed E-state index contributed by atoms with van der Waals surface area (Å²) in [5.74, 6) is -5.23. The number of oxime groups is 1. The van der Waals surface area contributed by atoms with E-state index in [1.165, 1.54) is 25.1 Å². The van der Waals surface area contributed by atoms with Crippen LogP contribution in [0.2, 0.25) is 0 Å². The van der Waals surface area contributed by atoms with Crippen LogP contribution in [-0.4, -0.2) is 33.5 Å². The predicted molar refractivity (Wildman–Crippen MR) is 98.6 cm³/mol. The van der Waals surface area contributed by atoms with Crippen molar-refractivity contribution < 1.29 is 44.8 Å². The first-order valence-corrected chi connectivity index (χ1v) is 9.19. The fraction of sp³-hybridized carbons (Fsp3) is 0.421. The third-order valence-corrected chi connectivity index (χ3v) is 4.98. The smallest absolute Gasteiger partial charge is 0.372 e. The number of amides is 1. The minimum absolute atomic E-state index is 0.00618. The average molecular weight is 484 g/mol. The third-order valence-electron chi connectivity index (χ3n) is 4.98. The molecule has 3 rings (SSSR count). The lowest BCUT2D eigenvalue weighted by Crippen LogP contribution is -2.44. The van der Waals surface area contributed by atoms with E-state index in [1.54, 1.807) is 0 Å². The molecule has 14 heteroatoms. The van der Waals surface area contributed by atoms with Crippen molar-refractivity contribution in [1.82, 2.24) is 9.78 Å². The maximum Gasteiger partial charge on any atom is 0.437 e.